The van der Waals surface area contributed by atoms with Crippen molar-refractivity contribution in [3.8, 4) is 0 Å². The molecule has 4 nitrogen and oxygen atoms in total. The summed E-state index contributed by atoms with van der Waals surface area (Å²) in [7, 11) is 0. The Kier molecular flexibility index (Phi) is 4.11. The predicted octanol–water partition coefficient (Wildman–Crippen LogP) is 2.82. The molecule has 2 N–H and O–H groups in total. The number of nitrogens with zero attached hydrogens (tertiary/aromatic N) is 2. The fraction of sp³-hybridized carbons (Fsp3) is 0.333. The lowest BCUT2D eigenvalue weighted by Gasteiger charge is -2.09. The number of primary amides is 1. The summed E-state index contributed by atoms with van der Waals surface area (Å²) in [4.78, 5) is 15.4. The molecule has 0 fully saturated rings. The molecule has 1 unspecified atom stereocenters. The minimum absolute atomic E-state index is 0.206. The molecule has 0 aliphatic rings. The standard InChI is InChI=1S/C12H13ClIN3O/c1-7(13)12-16-9-6-8(14)2-3-10(9)17(12)5-4-11(15)18/h2-3,6-7H,4-5H2,1H3,(H2,15,18). The third-order valence-electron chi connectivity index (χ3n) is 2.68. The molecule has 0 spiro atoms. The number of imidazole rings is 1. The summed E-state index contributed by atoms with van der Waals surface area (Å²) in [6.45, 7) is 2.38. The molecule has 96 valence electrons. The first kappa shape index (κ1) is 13.6. The van der Waals surface area contributed by atoms with E-state index >= 15 is 0 Å². The number of halogens is 2. The van der Waals surface area contributed by atoms with E-state index in [9.17, 15) is 4.79 Å². The highest BCUT2D eigenvalue weighted by Gasteiger charge is 2.15. The number of rotatable bonds is 4. The third-order valence-corrected chi connectivity index (χ3v) is 3.54. The Bertz CT molecular complexity index is 594. The molecule has 0 aliphatic heterocycles. The highest BCUT2D eigenvalue weighted by atomic mass is 127. The largest absolute Gasteiger partial charge is 0.370 e. The van der Waals surface area contributed by atoms with Crippen LogP contribution in [0.5, 0.6) is 0 Å². The first-order valence-electron chi connectivity index (χ1n) is 5.57. The van der Waals surface area contributed by atoms with Crippen LogP contribution in [0.15, 0.2) is 18.2 Å². The number of fused-ring (bicyclic) bond motifs is 1. The van der Waals surface area contributed by atoms with Gasteiger partial charge < -0.3 is 10.3 Å². The molecule has 0 saturated heterocycles. The van der Waals surface area contributed by atoms with Gasteiger partial charge in [0.05, 0.1) is 16.4 Å². The number of aromatic nitrogens is 2. The highest BCUT2D eigenvalue weighted by Crippen LogP contribution is 2.25. The van der Waals surface area contributed by atoms with Crippen molar-refractivity contribution in [2.45, 2.75) is 25.3 Å². The van der Waals surface area contributed by atoms with Gasteiger partial charge in [0.2, 0.25) is 5.91 Å². The van der Waals surface area contributed by atoms with Gasteiger partial charge in [-0.3, -0.25) is 4.79 Å². The molecule has 1 heterocycles. The van der Waals surface area contributed by atoms with E-state index in [2.05, 4.69) is 27.6 Å². The number of aryl methyl sites for hydroxylation is 1. The maximum Gasteiger partial charge on any atom is 0.219 e. The van der Waals surface area contributed by atoms with E-state index in [0.29, 0.717) is 6.54 Å². The van der Waals surface area contributed by atoms with E-state index in [1.54, 1.807) is 0 Å². The lowest BCUT2D eigenvalue weighted by atomic mass is 10.3. The second kappa shape index (κ2) is 5.44. The molecular weight excluding hydrogens is 365 g/mol. The fourth-order valence-corrected chi connectivity index (χ4v) is 2.52. The molecule has 2 aromatic rings. The van der Waals surface area contributed by atoms with Gasteiger partial charge in [0.1, 0.15) is 5.82 Å². The van der Waals surface area contributed by atoms with Crippen LogP contribution in [0.1, 0.15) is 24.5 Å². The van der Waals surface area contributed by atoms with E-state index in [-0.39, 0.29) is 17.7 Å². The summed E-state index contributed by atoms with van der Waals surface area (Å²) < 4.78 is 3.09. The number of amides is 1. The number of hydrogen-bond donors (Lipinski definition) is 1. The van der Waals surface area contributed by atoms with Gasteiger partial charge >= 0.3 is 0 Å². The lowest BCUT2D eigenvalue weighted by Crippen LogP contribution is -2.15. The fourth-order valence-electron chi connectivity index (χ4n) is 1.88. The van der Waals surface area contributed by atoms with E-state index in [1.807, 2.05) is 29.7 Å². The van der Waals surface area contributed by atoms with Gasteiger partial charge in [-0.2, -0.15) is 0 Å². The smallest absolute Gasteiger partial charge is 0.219 e. The first-order valence-corrected chi connectivity index (χ1v) is 7.08. The van der Waals surface area contributed by atoms with Gasteiger partial charge in [0.25, 0.3) is 0 Å². The van der Waals surface area contributed by atoms with Crippen molar-refractivity contribution in [1.82, 2.24) is 9.55 Å². The normalized spacial score (nSPS) is 12.8. The summed E-state index contributed by atoms with van der Waals surface area (Å²) in [5.41, 5.74) is 7.08. The predicted molar refractivity (Wildman–Crippen MR) is 80.5 cm³/mol. The second-order valence-corrected chi connectivity index (χ2v) is 5.99. The monoisotopic (exact) mass is 377 g/mol. The number of nitrogens with two attached hydrogens (primary N) is 1. The molecule has 1 atom stereocenters. The average molecular weight is 378 g/mol. The molecule has 6 heteroatoms. The van der Waals surface area contributed by atoms with Gasteiger partial charge in [-0.1, -0.05) is 0 Å². The molecule has 1 amide bonds. The summed E-state index contributed by atoms with van der Waals surface area (Å²) in [5.74, 6) is 0.449. The van der Waals surface area contributed by atoms with E-state index < -0.39 is 0 Å². The zero-order valence-corrected chi connectivity index (χ0v) is 12.8. The summed E-state index contributed by atoms with van der Waals surface area (Å²) in [5, 5.41) is -0.206. The molecule has 1 aromatic carbocycles. The Labute approximate surface area is 124 Å². The molecule has 1 aromatic heterocycles. The zero-order valence-electron chi connectivity index (χ0n) is 9.86. The quantitative estimate of drug-likeness (QED) is 0.658. The molecule has 0 saturated carbocycles. The van der Waals surface area contributed by atoms with E-state index in [0.717, 1.165) is 20.4 Å². The Morgan fingerprint density at radius 2 is 2.33 bits per heavy atom. The molecule has 2 rings (SSSR count). The van der Waals surface area contributed by atoms with Gasteiger partial charge in [0.15, 0.2) is 0 Å². The topological polar surface area (TPSA) is 60.9 Å². The van der Waals surface area contributed by atoms with Gasteiger partial charge in [-0.25, -0.2) is 4.98 Å². The molecule has 0 radical (unpaired) electrons. The van der Waals surface area contributed by atoms with Gasteiger partial charge in [0, 0.05) is 16.5 Å². The Balaban J connectivity index is 2.52. The molecule has 0 aliphatic carbocycles. The molecule has 18 heavy (non-hydrogen) atoms. The number of alkyl halides is 1. The van der Waals surface area contributed by atoms with Crippen LogP contribution in [0.2, 0.25) is 0 Å². The van der Waals surface area contributed by atoms with Gasteiger partial charge in [-0.15, -0.1) is 11.6 Å². The van der Waals surface area contributed by atoms with Crippen molar-refractivity contribution in [3.63, 3.8) is 0 Å². The van der Waals surface area contributed by atoms with E-state index in [4.69, 9.17) is 17.3 Å². The van der Waals surface area contributed by atoms with Crippen molar-refractivity contribution < 1.29 is 4.79 Å². The first-order chi connectivity index (χ1) is 8.49. The van der Waals surface area contributed by atoms with Crippen molar-refractivity contribution in [2.24, 2.45) is 5.73 Å². The lowest BCUT2D eigenvalue weighted by molar-refractivity contribution is -0.118. The van der Waals surface area contributed by atoms with Crippen LogP contribution in [0, 0.1) is 3.57 Å². The SMILES string of the molecule is CC(Cl)c1nc2cc(I)ccc2n1CCC(N)=O. The minimum atomic E-state index is -0.324. The van der Waals surface area contributed by atoms with Crippen molar-refractivity contribution >= 4 is 51.1 Å². The number of carbonyl (C=O) groups is 1. The van der Waals surface area contributed by atoms with Crippen molar-refractivity contribution in [2.75, 3.05) is 0 Å². The van der Waals surface area contributed by atoms with Crippen LogP contribution in [0.3, 0.4) is 0 Å². The van der Waals surface area contributed by atoms with Crippen LogP contribution >= 0.6 is 34.2 Å². The van der Waals surface area contributed by atoms with E-state index in [1.165, 1.54) is 0 Å². The molecular formula is C12H13ClIN3O. The second-order valence-electron chi connectivity index (χ2n) is 4.09. The van der Waals surface area contributed by atoms with Gasteiger partial charge in [-0.05, 0) is 47.7 Å². The highest BCUT2D eigenvalue weighted by molar-refractivity contribution is 14.1. The third kappa shape index (κ3) is 2.77. The summed E-state index contributed by atoms with van der Waals surface area (Å²) in [6, 6.07) is 6.00. The maximum absolute atomic E-state index is 10.9. The van der Waals surface area contributed by atoms with Crippen molar-refractivity contribution in [1.29, 1.82) is 0 Å². The van der Waals surface area contributed by atoms with Crippen LogP contribution in [0.4, 0.5) is 0 Å². The maximum atomic E-state index is 10.9. The molecule has 0 bridgehead atoms. The zero-order chi connectivity index (χ0) is 13.3. The average Bonchev–Trinajstić information content (AvgIpc) is 2.64. The van der Waals surface area contributed by atoms with Crippen LogP contribution in [0.25, 0.3) is 11.0 Å². The minimum Gasteiger partial charge on any atom is -0.370 e. The van der Waals surface area contributed by atoms with Crippen LogP contribution in [-0.4, -0.2) is 15.5 Å². The number of benzene rings is 1. The Morgan fingerprint density at radius 3 is 2.94 bits per heavy atom. The summed E-state index contributed by atoms with van der Waals surface area (Å²) in [6.07, 6.45) is 0.286. The Hall–Kier alpha value is -0.820. The summed E-state index contributed by atoms with van der Waals surface area (Å²) >= 11 is 8.38. The van der Waals surface area contributed by atoms with Crippen molar-refractivity contribution in [3.05, 3.63) is 27.6 Å². The van der Waals surface area contributed by atoms with Crippen LogP contribution in [-0.2, 0) is 11.3 Å². The Morgan fingerprint density at radius 1 is 1.61 bits per heavy atom. The number of hydrogen-bond acceptors (Lipinski definition) is 2. The van der Waals surface area contributed by atoms with Crippen LogP contribution < -0.4 is 5.73 Å². The number of carbonyl (C=O) groups excluding carboxylic acids is 1.